The fourth-order valence-electron chi connectivity index (χ4n) is 2.98. The van der Waals surface area contributed by atoms with Crippen LogP contribution in [0.5, 0.6) is 17.2 Å². The van der Waals surface area contributed by atoms with Gasteiger partial charge in [0.15, 0.2) is 11.5 Å². The molecule has 1 aliphatic rings. The first-order valence-electron chi connectivity index (χ1n) is 9.32. The molecule has 1 fully saturated rings. The van der Waals surface area contributed by atoms with Gasteiger partial charge in [-0.1, -0.05) is 41.6 Å². The summed E-state index contributed by atoms with van der Waals surface area (Å²) in [6.07, 6.45) is 2.40. The lowest BCUT2D eigenvalue weighted by Gasteiger charge is -2.14. The molecule has 3 rings (SSSR count). The molecule has 1 saturated heterocycles. The summed E-state index contributed by atoms with van der Waals surface area (Å²) in [5, 5.41) is 2.99. The second kappa shape index (κ2) is 10.2. The number of hydrogen-bond donors (Lipinski definition) is 1. The molecule has 0 aliphatic carbocycles. The van der Waals surface area contributed by atoms with Gasteiger partial charge in [0.1, 0.15) is 10.1 Å². The van der Waals surface area contributed by atoms with Gasteiger partial charge < -0.3 is 19.5 Å². The molecule has 1 heterocycles. The van der Waals surface area contributed by atoms with Crippen LogP contribution >= 0.6 is 35.6 Å². The first-order chi connectivity index (χ1) is 14.4. The topological polar surface area (TPSA) is 56.8 Å². The van der Waals surface area contributed by atoms with Crippen LogP contribution in [0.1, 0.15) is 23.1 Å². The van der Waals surface area contributed by atoms with Gasteiger partial charge in [0, 0.05) is 6.42 Å². The van der Waals surface area contributed by atoms with E-state index in [0.717, 1.165) is 11.3 Å². The van der Waals surface area contributed by atoms with Crippen molar-refractivity contribution in [2.45, 2.75) is 20.3 Å². The molecule has 2 aromatic carbocycles. The van der Waals surface area contributed by atoms with Gasteiger partial charge in [0.2, 0.25) is 0 Å². The van der Waals surface area contributed by atoms with E-state index in [1.807, 2.05) is 26.0 Å². The summed E-state index contributed by atoms with van der Waals surface area (Å²) in [6, 6.07) is 9.63. The Balaban J connectivity index is 1.60. The summed E-state index contributed by atoms with van der Waals surface area (Å²) >= 11 is 12.6. The van der Waals surface area contributed by atoms with E-state index in [0.29, 0.717) is 45.4 Å². The van der Waals surface area contributed by atoms with Crippen LogP contribution < -0.4 is 19.5 Å². The summed E-state index contributed by atoms with van der Waals surface area (Å²) < 4.78 is 17.5. The van der Waals surface area contributed by atoms with Gasteiger partial charge >= 0.3 is 0 Å². The predicted octanol–water partition coefficient (Wildman–Crippen LogP) is 5.30. The van der Waals surface area contributed by atoms with Crippen molar-refractivity contribution in [3.63, 3.8) is 0 Å². The number of thiocarbonyl (C=S) groups is 1. The Morgan fingerprint density at radius 3 is 2.43 bits per heavy atom. The van der Waals surface area contributed by atoms with E-state index in [9.17, 15) is 4.79 Å². The van der Waals surface area contributed by atoms with Crippen molar-refractivity contribution in [1.82, 2.24) is 5.32 Å². The predicted molar refractivity (Wildman–Crippen MR) is 126 cm³/mol. The van der Waals surface area contributed by atoms with E-state index in [-0.39, 0.29) is 5.91 Å². The van der Waals surface area contributed by atoms with Gasteiger partial charge in [-0.2, -0.15) is 0 Å². The van der Waals surface area contributed by atoms with Gasteiger partial charge in [0.05, 0.1) is 30.3 Å². The van der Waals surface area contributed by atoms with Gasteiger partial charge in [-0.05, 0) is 60.9 Å². The monoisotopic (exact) mass is 463 g/mol. The number of rotatable bonds is 8. The summed E-state index contributed by atoms with van der Waals surface area (Å²) in [6.45, 7) is 5.04. The molecule has 8 heteroatoms. The minimum Gasteiger partial charge on any atom is -0.493 e. The number of amides is 1. The van der Waals surface area contributed by atoms with Gasteiger partial charge in [0.25, 0.3) is 5.91 Å². The van der Waals surface area contributed by atoms with Crippen LogP contribution in [0, 0.1) is 13.8 Å². The van der Waals surface area contributed by atoms with Crippen molar-refractivity contribution in [1.29, 1.82) is 0 Å². The molecule has 0 atom stereocenters. The Morgan fingerprint density at radius 1 is 1.10 bits per heavy atom. The highest BCUT2D eigenvalue weighted by Gasteiger charge is 2.22. The normalized spacial score (nSPS) is 14.7. The first kappa shape index (κ1) is 22.5. The number of hydrogen-bond acceptors (Lipinski definition) is 6. The Kier molecular flexibility index (Phi) is 7.64. The highest BCUT2D eigenvalue weighted by Crippen LogP contribution is 2.38. The van der Waals surface area contributed by atoms with E-state index < -0.39 is 0 Å². The van der Waals surface area contributed by atoms with E-state index >= 15 is 0 Å². The number of thioether (sulfide) groups is 1. The lowest BCUT2D eigenvalue weighted by atomic mass is 10.1. The van der Waals surface area contributed by atoms with Crippen molar-refractivity contribution in [2.24, 2.45) is 0 Å². The zero-order chi connectivity index (χ0) is 21.7. The van der Waals surface area contributed by atoms with Crippen LogP contribution in [0.2, 0.25) is 5.02 Å². The number of methoxy groups -OCH3 is 1. The fourth-order valence-corrected chi connectivity index (χ4v) is 4.29. The molecule has 0 saturated carbocycles. The summed E-state index contributed by atoms with van der Waals surface area (Å²) in [7, 11) is 1.55. The Bertz CT molecular complexity index is 987. The third-order valence-corrected chi connectivity index (χ3v) is 5.63. The van der Waals surface area contributed by atoms with Crippen molar-refractivity contribution in [2.75, 3.05) is 20.3 Å². The zero-order valence-electron chi connectivity index (χ0n) is 16.9. The Labute approximate surface area is 190 Å². The minimum absolute atomic E-state index is 0.218. The fraction of sp³-hybridized carbons (Fsp3) is 0.273. The lowest BCUT2D eigenvalue weighted by molar-refractivity contribution is -0.115. The number of ether oxygens (including phenoxy) is 3. The molecule has 1 N–H and O–H groups in total. The van der Waals surface area contributed by atoms with Gasteiger partial charge in [-0.3, -0.25) is 4.79 Å². The molecule has 0 unspecified atom stereocenters. The molecule has 0 aromatic heterocycles. The van der Waals surface area contributed by atoms with Crippen LogP contribution in [0.25, 0.3) is 6.08 Å². The van der Waals surface area contributed by atoms with Gasteiger partial charge in [-0.15, -0.1) is 0 Å². The van der Waals surface area contributed by atoms with E-state index in [2.05, 4.69) is 11.4 Å². The molecular formula is C22H22ClNO4S2. The maximum absolute atomic E-state index is 11.8. The number of halogens is 1. The maximum Gasteiger partial charge on any atom is 0.263 e. The second-order valence-electron chi connectivity index (χ2n) is 6.76. The van der Waals surface area contributed by atoms with Crippen LogP contribution in [0.15, 0.2) is 35.2 Å². The third-order valence-electron chi connectivity index (χ3n) is 4.19. The summed E-state index contributed by atoms with van der Waals surface area (Å²) in [5.74, 6) is 1.60. The number of aryl methyl sites for hydroxylation is 2. The zero-order valence-corrected chi connectivity index (χ0v) is 19.3. The first-order valence-corrected chi connectivity index (χ1v) is 10.9. The average Bonchev–Trinajstić information content (AvgIpc) is 2.98. The van der Waals surface area contributed by atoms with Gasteiger partial charge in [-0.25, -0.2) is 0 Å². The highest BCUT2D eigenvalue weighted by atomic mass is 35.5. The van der Waals surface area contributed by atoms with Crippen molar-refractivity contribution >= 4 is 51.9 Å². The van der Waals surface area contributed by atoms with Crippen molar-refractivity contribution in [3.8, 4) is 17.2 Å². The van der Waals surface area contributed by atoms with E-state index in [4.69, 9.17) is 38.0 Å². The lowest BCUT2D eigenvalue weighted by Crippen LogP contribution is -2.17. The summed E-state index contributed by atoms with van der Waals surface area (Å²) in [4.78, 5) is 12.4. The second-order valence-corrected chi connectivity index (χ2v) is 8.89. The molecule has 1 aliphatic heterocycles. The quantitative estimate of drug-likeness (QED) is 0.325. The Morgan fingerprint density at radius 2 is 1.80 bits per heavy atom. The third kappa shape index (κ3) is 5.90. The van der Waals surface area contributed by atoms with Crippen molar-refractivity contribution < 1.29 is 19.0 Å². The SMILES string of the molecule is COc1cc(/C=C2\SC(=S)NC2=O)cc(Cl)c1OCCCOc1cc(C)cc(C)c1. The van der Waals surface area contributed by atoms with Crippen LogP contribution in [0.3, 0.4) is 0 Å². The molecule has 0 bridgehead atoms. The number of carbonyl (C=O) groups is 1. The highest BCUT2D eigenvalue weighted by molar-refractivity contribution is 8.26. The smallest absolute Gasteiger partial charge is 0.263 e. The van der Waals surface area contributed by atoms with E-state index in [1.165, 1.54) is 22.9 Å². The molecule has 2 aromatic rings. The van der Waals surface area contributed by atoms with Crippen LogP contribution in [-0.4, -0.2) is 30.6 Å². The molecule has 158 valence electrons. The molecule has 5 nitrogen and oxygen atoms in total. The largest absolute Gasteiger partial charge is 0.493 e. The standard InChI is InChI=1S/C22H22ClNO4S2/c1-13-7-14(2)9-16(8-13)27-5-4-6-28-20-17(23)10-15(11-18(20)26-3)12-19-21(25)24-22(29)30-19/h7-12H,4-6H2,1-3H3,(H,24,25,29)/b19-12-. The van der Waals surface area contributed by atoms with Crippen molar-refractivity contribution in [3.05, 3.63) is 56.9 Å². The maximum atomic E-state index is 11.8. The number of carbonyl (C=O) groups excluding carboxylic acids is 1. The number of nitrogens with one attached hydrogen (secondary N) is 1. The van der Waals surface area contributed by atoms with Crippen LogP contribution in [0.4, 0.5) is 0 Å². The molecule has 0 spiro atoms. The molecule has 1 amide bonds. The molecule has 30 heavy (non-hydrogen) atoms. The number of benzene rings is 2. The van der Waals surface area contributed by atoms with Crippen LogP contribution in [-0.2, 0) is 4.79 Å². The molecular weight excluding hydrogens is 442 g/mol. The summed E-state index contributed by atoms with van der Waals surface area (Å²) in [5.41, 5.74) is 3.07. The van der Waals surface area contributed by atoms with E-state index in [1.54, 1.807) is 25.3 Å². The average molecular weight is 464 g/mol. The Hall–Kier alpha value is -2.22. The molecule has 0 radical (unpaired) electrons. The minimum atomic E-state index is -0.218.